The lowest BCUT2D eigenvalue weighted by Gasteiger charge is -2.11. The highest BCUT2D eigenvalue weighted by Gasteiger charge is 2.30. The summed E-state index contributed by atoms with van der Waals surface area (Å²) in [6, 6.07) is 5.18. The summed E-state index contributed by atoms with van der Waals surface area (Å²) >= 11 is 0. The maximum absolute atomic E-state index is 11.9. The summed E-state index contributed by atoms with van der Waals surface area (Å²) in [5.41, 5.74) is 6.52. The Labute approximate surface area is 97.6 Å². The van der Waals surface area contributed by atoms with E-state index in [1.807, 2.05) is 0 Å². The number of alkyl halides is 3. The van der Waals surface area contributed by atoms with Crippen LogP contribution in [0.25, 0.3) is 0 Å². The van der Waals surface area contributed by atoms with Gasteiger partial charge in [-0.15, -0.1) is 25.0 Å². The topological polar surface area (TPSA) is 35.2 Å². The van der Waals surface area contributed by atoms with Crippen LogP contribution in [0.5, 0.6) is 5.75 Å². The van der Waals surface area contributed by atoms with E-state index in [1.54, 1.807) is 6.92 Å². The predicted molar refractivity (Wildman–Crippen MR) is 58.1 cm³/mol. The van der Waals surface area contributed by atoms with Crippen molar-refractivity contribution in [3.63, 3.8) is 0 Å². The Morgan fingerprint density at radius 3 is 2.35 bits per heavy atom. The van der Waals surface area contributed by atoms with Gasteiger partial charge in [-0.05, 0) is 24.6 Å². The fourth-order valence-electron chi connectivity index (χ4n) is 1.25. The molecule has 1 rings (SSSR count). The van der Waals surface area contributed by atoms with Gasteiger partial charge in [-0.3, -0.25) is 0 Å². The zero-order valence-corrected chi connectivity index (χ0v) is 9.21. The number of ether oxygens (including phenoxy) is 1. The second kappa shape index (κ2) is 5.60. The van der Waals surface area contributed by atoms with Crippen molar-refractivity contribution in [3.8, 4) is 17.6 Å². The molecule has 0 amide bonds. The van der Waals surface area contributed by atoms with Gasteiger partial charge in [-0.25, -0.2) is 0 Å². The largest absolute Gasteiger partial charge is 0.573 e. The summed E-state index contributed by atoms with van der Waals surface area (Å²) in [7, 11) is 0. The van der Waals surface area contributed by atoms with Crippen LogP contribution in [-0.4, -0.2) is 6.36 Å². The number of benzene rings is 1. The van der Waals surface area contributed by atoms with Crippen molar-refractivity contribution in [2.45, 2.75) is 25.7 Å². The van der Waals surface area contributed by atoms with Gasteiger partial charge in [0.1, 0.15) is 5.75 Å². The molecule has 0 saturated carbocycles. The highest BCUT2D eigenvalue weighted by molar-refractivity contribution is 5.29. The Bertz CT molecular complexity index is 414. The van der Waals surface area contributed by atoms with Crippen molar-refractivity contribution in [2.75, 3.05) is 0 Å². The van der Waals surface area contributed by atoms with E-state index in [9.17, 15) is 13.2 Å². The molecule has 0 spiro atoms. The molecule has 0 bridgehead atoms. The third kappa shape index (κ3) is 4.79. The molecule has 0 aliphatic rings. The Kier molecular flexibility index (Phi) is 4.41. The quantitative estimate of drug-likeness (QED) is 0.828. The molecule has 1 aromatic carbocycles. The summed E-state index contributed by atoms with van der Waals surface area (Å²) in [5, 5.41) is 0. The molecule has 17 heavy (non-hydrogen) atoms. The van der Waals surface area contributed by atoms with E-state index < -0.39 is 6.36 Å². The Morgan fingerprint density at radius 2 is 1.88 bits per heavy atom. The lowest BCUT2D eigenvalue weighted by Crippen LogP contribution is -2.17. The maximum atomic E-state index is 11.9. The molecule has 1 unspecified atom stereocenters. The highest BCUT2D eigenvalue weighted by Crippen LogP contribution is 2.24. The predicted octanol–water partition coefficient (Wildman–Crippen LogP) is 3.00. The average Bonchev–Trinajstić information content (AvgIpc) is 2.24. The van der Waals surface area contributed by atoms with Crippen LogP contribution < -0.4 is 10.5 Å². The van der Waals surface area contributed by atoms with Crippen LogP contribution in [0, 0.1) is 11.8 Å². The van der Waals surface area contributed by atoms with E-state index in [0.29, 0.717) is 6.42 Å². The first-order valence-electron chi connectivity index (χ1n) is 4.93. The molecule has 0 saturated heterocycles. The fourth-order valence-corrected chi connectivity index (χ4v) is 1.25. The van der Waals surface area contributed by atoms with E-state index in [2.05, 4.69) is 16.6 Å². The van der Waals surface area contributed by atoms with Crippen LogP contribution in [0.15, 0.2) is 24.3 Å². The summed E-state index contributed by atoms with van der Waals surface area (Å²) in [4.78, 5) is 0. The first-order chi connectivity index (χ1) is 7.92. The van der Waals surface area contributed by atoms with Gasteiger partial charge in [0.2, 0.25) is 0 Å². The fraction of sp³-hybridized carbons (Fsp3) is 0.333. The second-order valence-electron chi connectivity index (χ2n) is 3.35. The molecular weight excluding hydrogens is 231 g/mol. The van der Waals surface area contributed by atoms with Crippen molar-refractivity contribution in [1.82, 2.24) is 0 Å². The van der Waals surface area contributed by atoms with Gasteiger partial charge in [0.15, 0.2) is 0 Å². The minimum atomic E-state index is -4.67. The molecule has 0 aromatic heterocycles. The highest BCUT2D eigenvalue weighted by atomic mass is 19.4. The van der Waals surface area contributed by atoms with Gasteiger partial charge in [-0.1, -0.05) is 12.1 Å². The van der Waals surface area contributed by atoms with Gasteiger partial charge in [0.05, 0.1) is 0 Å². The Hall–Kier alpha value is -1.67. The van der Waals surface area contributed by atoms with Crippen molar-refractivity contribution in [3.05, 3.63) is 29.8 Å². The average molecular weight is 243 g/mol. The van der Waals surface area contributed by atoms with E-state index in [0.717, 1.165) is 5.56 Å². The summed E-state index contributed by atoms with van der Waals surface area (Å²) < 4.78 is 39.5. The van der Waals surface area contributed by atoms with Gasteiger partial charge in [0, 0.05) is 12.5 Å². The number of hydrogen-bond acceptors (Lipinski definition) is 2. The molecule has 1 atom stereocenters. The first-order valence-corrected chi connectivity index (χ1v) is 4.93. The Balaban J connectivity index is 2.69. The monoisotopic (exact) mass is 243 g/mol. The summed E-state index contributed by atoms with van der Waals surface area (Å²) in [6.07, 6.45) is -4.20. The molecule has 0 fully saturated rings. The number of halogens is 3. The third-order valence-electron chi connectivity index (χ3n) is 2.04. The first kappa shape index (κ1) is 13.4. The van der Waals surface area contributed by atoms with Gasteiger partial charge in [0.25, 0.3) is 0 Å². The minimum Gasteiger partial charge on any atom is -0.406 e. The molecule has 5 heteroatoms. The van der Waals surface area contributed by atoms with Crippen molar-refractivity contribution in [1.29, 1.82) is 0 Å². The van der Waals surface area contributed by atoms with Crippen LogP contribution in [0.2, 0.25) is 0 Å². The molecule has 2 nitrogen and oxygen atoms in total. The molecular formula is C12H12F3NO. The number of nitrogens with two attached hydrogens (primary N) is 1. The van der Waals surface area contributed by atoms with Crippen LogP contribution >= 0.6 is 0 Å². The molecule has 0 heterocycles. The van der Waals surface area contributed by atoms with E-state index >= 15 is 0 Å². The summed E-state index contributed by atoms with van der Waals surface area (Å²) in [5.74, 6) is 5.27. The number of hydrogen-bond donors (Lipinski definition) is 1. The molecule has 0 aliphatic heterocycles. The van der Waals surface area contributed by atoms with Crippen LogP contribution in [0.4, 0.5) is 13.2 Å². The molecule has 2 N–H and O–H groups in total. The zero-order chi connectivity index (χ0) is 12.9. The van der Waals surface area contributed by atoms with Gasteiger partial charge in [-0.2, -0.15) is 0 Å². The van der Waals surface area contributed by atoms with Crippen molar-refractivity contribution < 1.29 is 17.9 Å². The third-order valence-corrected chi connectivity index (χ3v) is 2.04. The van der Waals surface area contributed by atoms with Crippen LogP contribution in [0.3, 0.4) is 0 Å². The van der Waals surface area contributed by atoms with Crippen LogP contribution in [0.1, 0.15) is 24.9 Å². The lowest BCUT2D eigenvalue weighted by molar-refractivity contribution is -0.274. The standard InChI is InChI=1S/C12H12F3NO/c1-2-3-4-11(16)9-5-7-10(8-6-9)17-12(13,14)15/h5-8,11H,4,16H2,1H3. The smallest absolute Gasteiger partial charge is 0.406 e. The normalized spacial score (nSPS) is 12.5. The summed E-state index contributed by atoms with van der Waals surface area (Å²) in [6.45, 7) is 1.70. The molecule has 1 aromatic rings. The Morgan fingerprint density at radius 1 is 1.29 bits per heavy atom. The van der Waals surface area contributed by atoms with Crippen molar-refractivity contribution in [2.24, 2.45) is 5.73 Å². The van der Waals surface area contributed by atoms with E-state index in [-0.39, 0.29) is 11.8 Å². The van der Waals surface area contributed by atoms with Crippen molar-refractivity contribution >= 4 is 0 Å². The zero-order valence-electron chi connectivity index (χ0n) is 9.21. The van der Waals surface area contributed by atoms with E-state index in [1.165, 1.54) is 24.3 Å². The minimum absolute atomic E-state index is 0.255. The lowest BCUT2D eigenvalue weighted by atomic mass is 10.1. The second-order valence-corrected chi connectivity index (χ2v) is 3.35. The molecule has 0 aliphatic carbocycles. The SMILES string of the molecule is CC#CCC(N)c1ccc(OC(F)(F)F)cc1. The number of rotatable bonds is 3. The van der Waals surface area contributed by atoms with Crippen LogP contribution in [-0.2, 0) is 0 Å². The molecule has 92 valence electrons. The molecule has 0 radical (unpaired) electrons. The van der Waals surface area contributed by atoms with E-state index in [4.69, 9.17) is 5.73 Å². The van der Waals surface area contributed by atoms with Gasteiger partial charge < -0.3 is 10.5 Å². The maximum Gasteiger partial charge on any atom is 0.573 e. The van der Waals surface area contributed by atoms with Gasteiger partial charge >= 0.3 is 6.36 Å².